The van der Waals surface area contributed by atoms with E-state index in [2.05, 4.69) is 10.7 Å². The molecule has 0 aliphatic carbocycles. The van der Waals surface area contributed by atoms with Gasteiger partial charge in [-0.3, -0.25) is 0 Å². The van der Waals surface area contributed by atoms with Crippen LogP contribution in [0.15, 0.2) is 0 Å². The largest absolute Gasteiger partial charge is 0.147 e. The molecular weight excluding hydrogens is 293 g/mol. The van der Waals surface area contributed by atoms with Crippen molar-refractivity contribution < 1.29 is 25.5 Å². The zero-order valence-corrected chi connectivity index (χ0v) is 14.0. The van der Waals surface area contributed by atoms with E-state index in [9.17, 15) is 4.79 Å². The van der Waals surface area contributed by atoms with E-state index in [1.165, 1.54) is 51.4 Å². The second-order valence-corrected chi connectivity index (χ2v) is 4.52. The molecule has 0 aromatic rings. The maximum atomic E-state index is 10.9. The van der Waals surface area contributed by atoms with E-state index < -0.39 is 0 Å². The normalized spacial score (nSPS) is 8.94. The van der Waals surface area contributed by atoms with Crippen LogP contribution in [-0.2, 0) is 25.5 Å². The van der Waals surface area contributed by atoms with E-state index in [0.29, 0.717) is 6.42 Å². The molecule has 0 spiro atoms. The topological polar surface area (TPSA) is 29.1 Å². The monoisotopic (exact) mass is 318 g/mol. The third-order valence-corrected chi connectivity index (χ3v) is 3.08. The molecule has 103 valence electrons. The Bertz CT molecular complexity index is 159. The first-order chi connectivity index (χ1) is 7.31. The van der Waals surface area contributed by atoms with E-state index in [1.54, 1.807) is 20.7 Å². The SMILES string of the molecule is CCCCCCCCCCCC(=O)[NH][Ti].Cl.Cl. The Morgan fingerprint density at radius 3 is 1.71 bits per heavy atom. The zero-order valence-electron chi connectivity index (χ0n) is 10.8. The van der Waals surface area contributed by atoms with Crippen molar-refractivity contribution >= 4 is 30.7 Å². The van der Waals surface area contributed by atoms with Crippen molar-refractivity contribution in [1.29, 1.82) is 0 Å². The summed E-state index contributed by atoms with van der Waals surface area (Å²) >= 11 is 1.70. The van der Waals surface area contributed by atoms with Gasteiger partial charge in [0.1, 0.15) is 0 Å². The number of amides is 1. The maximum Gasteiger partial charge on any atom is -0.147 e. The van der Waals surface area contributed by atoms with Gasteiger partial charge in [0, 0.05) is 0 Å². The van der Waals surface area contributed by atoms with E-state index in [0.717, 1.165) is 6.42 Å². The third-order valence-electron chi connectivity index (χ3n) is 2.65. The third kappa shape index (κ3) is 19.3. The van der Waals surface area contributed by atoms with Crippen LogP contribution in [0.2, 0.25) is 0 Å². The fourth-order valence-corrected chi connectivity index (χ4v) is 1.85. The number of unbranched alkanes of at least 4 members (excludes halogenated alkanes) is 8. The van der Waals surface area contributed by atoms with Crippen LogP contribution in [-0.4, -0.2) is 5.91 Å². The zero-order chi connectivity index (χ0) is 11.4. The Morgan fingerprint density at radius 2 is 1.29 bits per heavy atom. The average Bonchev–Trinajstić information content (AvgIpc) is 2.26. The Hall–Kier alpha value is 0.764. The van der Waals surface area contributed by atoms with Gasteiger partial charge >= 0.3 is 99.4 Å². The molecular formula is C12H26Cl2NOTi. The van der Waals surface area contributed by atoms with Gasteiger partial charge in [0.2, 0.25) is 0 Å². The van der Waals surface area contributed by atoms with Gasteiger partial charge in [-0.05, 0) is 0 Å². The van der Waals surface area contributed by atoms with E-state index in [4.69, 9.17) is 0 Å². The Balaban J connectivity index is -0.000000980. The Kier molecular flexibility index (Phi) is 25.7. The standard InChI is InChI=1S/C12H25NO.2ClH.Ti/c1-2-3-4-5-6-7-8-9-10-11-12(13)14;;;/h2-11H2,1H3,(H2,13,14);2*1H;/q;;;+1/p-1. The predicted octanol–water partition coefficient (Wildman–Crippen LogP) is 4.33. The summed E-state index contributed by atoms with van der Waals surface area (Å²) in [6.45, 7) is 2.25. The molecule has 2 nitrogen and oxygen atoms in total. The molecule has 0 aliphatic heterocycles. The summed E-state index contributed by atoms with van der Waals surface area (Å²) in [6, 6.07) is 0. The van der Waals surface area contributed by atoms with Crippen LogP contribution in [0.25, 0.3) is 0 Å². The van der Waals surface area contributed by atoms with Crippen LogP contribution in [0.5, 0.6) is 0 Å². The minimum Gasteiger partial charge on any atom is -0.147 e. The molecule has 0 aliphatic rings. The van der Waals surface area contributed by atoms with Gasteiger partial charge in [0.25, 0.3) is 0 Å². The van der Waals surface area contributed by atoms with Crippen molar-refractivity contribution in [1.82, 2.24) is 3.80 Å². The first-order valence-electron chi connectivity index (χ1n) is 6.26. The fourth-order valence-electron chi connectivity index (χ4n) is 1.66. The van der Waals surface area contributed by atoms with E-state index >= 15 is 0 Å². The number of rotatable bonds is 10. The number of carbonyl (C=O) groups excluding carboxylic acids is 1. The minimum atomic E-state index is 0. The van der Waals surface area contributed by atoms with Gasteiger partial charge in [0.05, 0.1) is 0 Å². The summed E-state index contributed by atoms with van der Waals surface area (Å²) in [4.78, 5) is 10.9. The van der Waals surface area contributed by atoms with Crippen LogP contribution in [0.1, 0.15) is 71.1 Å². The molecule has 0 bridgehead atoms. The molecule has 0 aromatic carbocycles. The predicted molar refractivity (Wildman–Crippen MR) is 74.5 cm³/mol. The summed E-state index contributed by atoms with van der Waals surface area (Å²) in [6.07, 6.45) is 12.5. The van der Waals surface area contributed by atoms with Crippen molar-refractivity contribution in [2.24, 2.45) is 0 Å². The molecule has 5 heteroatoms. The van der Waals surface area contributed by atoms with Gasteiger partial charge in [-0.1, -0.05) is 6.92 Å². The summed E-state index contributed by atoms with van der Waals surface area (Å²) in [5.74, 6) is 0.179. The Labute approximate surface area is 131 Å². The smallest absolute Gasteiger partial charge is 0.147 e. The van der Waals surface area contributed by atoms with Gasteiger partial charge in [-0.25, -0.2) is 0 Å². The van der Waals surface area contributed by atoms with Crippen molar-refractivity contribution in [3.05, 3.63) is 0 Å². The van der Waals surface area contributed by atoms with Crippen molar-refractivity contribution in [3.63, 3.8) is 0 Å². The quantitative estimate of drug-likeness (QED) is 0.471. The van der Waals surface area contributed by atoms with Crippen LogP contribution in [0, 0.1) is 0 Å². The van der Waals surface area contributed by atoms with Crippen molar-refractivity contribution in [2.45, 2.75) is 71.1 Å². The number of carbonyl (C=O) groups is 1. The minimum absolute atomic E-state index is 0. The number of hydrogen-bond acceptors (Lipinski definition) is 1. The van der Waals surface area contributed by atoms with Gasteiger partial charge < -0.3 is 0 Å². The number of nitrogens with one attached hydrogen (secondary N) is 1. The summed E-state index contributed by atoms with van der Waals surface area (Å²) in [5.41, 5.74) is 0. The molecule has 0 radical (unpaired) electrons. The van der Waals surface area contributed by atoms with Crippen LogP contribution in [0.4, 0.5) is 0 Å². The van der Waals surface area contributed by atoms with E-state index in [-0.39, 0.29) is 30.7 Å². The van der Waals surface area contributed by atoms with E-state index in [1.807, 2.05) is 0 Å². The molecule has 0 fully saturated rings. The molecule has 0 rings (SSSR count). The number of halogens is 2. The molecule has 1 N–H and O–H groups in total. The second kappa shape index (κ2) is 19.1. The van der Waals surface area contributed by atoms with Crippen molar-refractivity contribution in [2.75, 3.05) is 0 Å². The average molecular weight is 319 g/mol. The summed E-state index contributed by atoms with van der Waals surface area (Å²) in [5, 5.41) is 0. The molecule has 0 unspecified atom stereocenters. The Morgan fingerprint density at radius 1 is 0.882 bits per heavy atom. The van der Waals surface area contributed by atoms with Gasteiger partial charge in [0.15, 0.2) is 0 Å². The molecule has 0 aromatic heterocycles. The van der Waals surface area contributed by atoms with Crippen LogP contribution in [0.3, 0.4) is 0 Å². The molecule has 0 heterocycles. The first-order valence-corrected chi connectivity index (χ1v) is 7.05. The molecule has 0 atom stereocenters. The summed E-state index contributed by atoms with van der Waals surface area (Å²) < 4.78 is 2.65. The van der Waals surface area contributed by atoms with Gasteiger partial charge in [-0.15, -0.1) is 24.8 Å². The fraction of sp³-hybridized carbons (Fsp3) is 0.917. The molecule has 0 saturated carbocycles. The maximum absolute atomic E-state index is 10.9. The number of hydrogen-bond donors (Lipinski definition) is 1. The molecule has 17 heavy (non-hydrogen) atoms. The van der Waals surface area contributed by atoms with Crippen molar-refractivity contribution in [3.8, 4) is 0 Å². The summed E-state index contributed by atoms with van der Waals surface area (Å²) in [7, 11) is 0. The van der Waals surface area contributed by atoms with Crippen LogP contribution < -0.4 is 3.80 Å². The second-order valence-electron chi connectivity index (χ2n) is 4.13. The first kappa shape index (κ1) is 22.9. The van der Waals surface area contributed by atoms with Gasteiger partial charge in [-0.2, -0.15) is 0 Å². The molecule has 0 saturated heterocycles. The van der Waals surface area contributed by atoms with Crippen LogP contribution >= 0.6 is 24.8 Å². The molecule has 1 amide bonds.